The van der Waals surface area contributed by atoms with Gasteiger partial charge in [0, 0.05) is 24.7 Å². The maximum Gasteiger partial charge on any atom is 0.224 e. The molecular formula is C20H23N3O. The van der Waals surface area contributed by atoms with E-state index in [1.54, 1.807) is 0 Å². The van der Waals surface area contributed by atoms with Crippen LogP contribution in [0.3, 0.4) is 0 Å². The zero-order chi connectivity index (χ0) is 17.3. The first-order valence-corrected chi connectivity index (χ1v) is 8.15. The molecule has 0 bridgehead atoms. The predicted molar refractivity (Wildman–Crippen MR) is 98.9 cm³/mol. The van der Waals surface area contributed by atoms with Gasteiger partial charge < -0.3 is 9.88 Å². The summed E-state index contributed by atoms with van der Waals surface area (Å²) in [4.78, 5) is 16.7. The number of nitrogens with one attached hydrogen (secondary N) is 1. The molecule has 1 aromatic heterocycles. The van der Waals surface area contributed by atoms with Gasteiger partial charge in [-0.05, 0) is 41.8 Å². The van der Waals surface area contributed by atoms with Crippen molar-refractivity contribution < 1.29 is 4.79 Å². The van der Waals surface area contributed by atoms with Gasteiger partial charge in [-0.15, -0.1) is 0 Å². The smallest absolute Gasteiger partial charge is 0.224 e. The normalized spacial score (nSPS) is 11.7. The van der Waals surface area contributed by atoms with Crippen molar-refractivity contribution in [2.75, 3.05) is 5.32 Å². The number of hydrogen-bond donors (Lipinski definition) is 1. The van der Waals surface area contributed by atoms with Gasteiger partial charge in [0.05, 0.1) is 11.0 Å². The fourth-order valence-corrected chi connectivity index (χ4v) is 2.79. The summed E-state index contributed by atoms with van der Waals surface area (Å²) in [6.45, 7) is 6.17. The summed E-state index contributed by atoms with van der Waals surface area (Å²) in [6, 6.07) is 15.9. The van der Waals surface area contributed by atoms with Crippen LogP contribution >= 0.6 is 0 Å². The number of nitrogens with zero attached hydrogens (tertiary/aromatic N) is 2. The zero-order valence-corrected chi connectivity index (χ0v) is 14.6. The van der Waals surface area contributed by atoms with Gasteiger partial charge in [-0.25, -0.2) is 4.98 Å². The van der Waals surface area contributed by atoms with Gasteiger partial charge in [0.1, 0.15) is 5.82 Å². The molecule has 0 fully saturated rings. The zero-order valence-electron chi connectivity index (χ0n) is 14.6. The summed E-state index contributed by atoms with van der Waals surface area (Å²) in [6.07, 6.45) is 0.500. The summed E-state index contributed by atoms with van der Waals surface area (Å²) in [5.41, 5.74) is 3.92. The van der Waals surface area contributed by atoms with Crippen molar-refractivity contribution in [3.8, 4) is 11.4 Å². The van der Waals surface area contributed by atoms with Crippen LogP contribution in [0.25, 0.3) is 22.4 Å². The Morgan fingerprint density at radius 1 is 1.08 bits per heavy atom. The lowest BCUT2D eigenvalue weighted by Crippen LogP contribution is -2.19. The van der Waals surface area contributed by atoms with Crippen LogP contribution in [0.4, 0.5) is 5.69 Å². The van der Waals surface area contributed by atoms with Crippen molar-refractivity contribution in [1.82, 2.24) is 9.55 Å². The summed E-state index contributed by atoms with van der Waals surface area (Å²) in [5, 5.41) is 2.95. The fraction of sp³-hybridized carbons (Fsp3) is 0.300. The predicted octanol–water partition coefficient (Wildman–Crippen LogP) is 4.62. The second-order valence-corrected chi connectivity index (χ2v) is 7.35. The number of aromatic nitrogens is 2. The maximum absolute atomic E-state index is 12.0. The first-order chi connectivity index (χ1) is 11.3. The average Bonchev–Trinajstić information content (AvgIpc) is 2.84. The highest BCUT2D eigenvalue weighted by Gasteiger charge is 2.16. The number of hydrogen-bond acceptors (Lipinski definition) is 2. The third-order valence-electron chi connectivity index (χ3n) is 3.90. The number of carbonyl (C=O) groups is 1. The minimum Gasteiger partial charge on any atom is -0.327 e. The van der Waals surface area contributed by atoms with E-state index in [1.165, 1.54) is 0 Å². The van der Waals surface area contributed by atoms with Gasteiger partial charge >= 0.3 is 0 Å². The molecule has 0 aliphatic rings. The number of anilines is 1. The molecule has 1 heterocycles. The highest BCUT2D eigenvalue weighted by Crippen LogP contribution is 2.25. The number of para-hydroxylation sites is 2. The third-order valence-corrected chi connectivity index (χ3v) is 3.90. The molecule has 124 valence electrons. The van der Waals surface area contributed by atoms with Gasteiger partial charge in [-0.1, -0.05) is 32.9 Å². The Bertz CT molecular complexity index is 870. The molecule has 1 N–H and O–H groups in total. The Morgan fingerprint density at radius 3 is 2.38 bits per heavy atom. The van der Waals surface area contributed by atoms with Gasteiger partial charge in [0.25, 0.3) is 0 Å². The molecule has 0 aliphatic carbocycles. The van der Waals surface area contributed by atoms with Crippen molar-refractivity contribution in [2.24, 2.45) is 12.5 Å². The number of aryl methyl sites for hydroxylation is 1. The molecule has 0 radical (unpaired) electrons. The van der Waals surface area contributed by atoms with Crippen molar-refractivity contribution in [1.29, 1.82) is 0 Å². The third kappa shape index (κ3) is 3.48. The molecule has 4 nitrogen and oxygen atoms in total. The molecule has 0 aliphatic heterocycles. The summed E-state index contributed by atoms with van der Waals surface area (Å²) >= 11 is 0. The number of fused-ring (bicyclic) bond motifs is 1. The van der Waals surface area contributed by atoms with Gasteiger partial charge in [0.2, 0.25) is 5.91 Å². The Balaban J connectivity index is 1.81. The Labute approximate surface area is 142 Å². The van der Waals surface area contributed by atoms with E-state index in [2.05, 4.69) is 36.7 Å². The molecule has 0 saturated carbocycles. The molecule has 3 rings (SSSR count). The highest BCUT2D eigenvalue weighted by molar-refractivity contribution is 5.91. The van der Waals surface area contributed by atoms with E-state index in [9.17, 15) is 4.79 Å². The van der Waals surface area contributed by atoms with Crippen molar-refractivity contribution in [2.45, 2.75) is 27.2 Å². The molecule has 0 atom stereocenters. The van der Waals surface area contributed by atoms with Crippen molar-refractivity contribution >= 4 is 22.6 Å². The van der Waals surface area contributed by atoms with Crippen LogP contribution in [-0.4, -0.2) is 15.5 Å². The Hall–Kier alpha value is -2.62. The van der Waals surface area contributed by atoms with Crippen LogP contribution < -0.4 is 5.32 Å². The van der Waals surface area contributed by atoms with Crippen LogP contribution in [0.1, 0.15) is 27.2 Å². The van der Waals surface area contributed by atoms with Gasteiger partial charge in [0.15, 0.2) is 0 Å². The summed E-state index contributed by atoms with van der Waals surface area (Å²) in [7, 11) is 2.02. The number of rotatable bonds is 3. The van der Waals surface area contributed by atoms with Crippen LogP contribution in [0, 0.1) is 5.41 Å². The van der Waals surface area contributed by atoms with Crippen molar-refractivity contribution in [3.63, 3.8) is 0 Å². The first-order valence-electron chi connectivity index (χ1n) is 8.15. The quantitative estimate of drug-likeness (QED) is 0.765. The van der Waals surface area contributed by atoms with E-state index in [-0.39, 0.29) is 11.3 Å². The minimum atomic E-state index is -0.0168. The van der Waals surface area contributed by atoms with E-state index in [0.29, 0.717) is 6.42 Å². The highest BCUT2D eigenvalue weighted by atomic mass is 16.1. The van der Waals surface area contributed by atoms with Gasteiger partial charge in [-0.2, -0.15) is 0 Å². The average molecular weight is 321 g/mol. The molecule has 0 unspecified atom stereocenters. The van der Waals surface area contributed by atoms with Crippen molar-refractivity contribution in [3.05, 3.63) is 48.5 Å². The molecule has 24 heavy (non-hydrogen) atoms. The monoisotopic (exact) mass is 321 g/mol. The lowest BCUT2D eigenvalue weighted by atomic mass is 9.92. The summed E-state index contributed by atoms with van der Waals surface area (Å²) < 4.78 is 2.09. The molecule has 3 aromatic rings. The van der Waals surface area contributed by atoms with Crippen LogP contribution in [0.15, 0.2) is 48.5 Å². The Kier molecular flexibility index (Phi) is 4.14. The molecule has 0 spiro atoms. The SMILES string of the molecule is Cn1c(-c2ccc(NC(=O)CC(C)(C)C)cc2)nc2ccccc21. The lowest BCUT2D eigenvalue weighted by molar-refractivity contribution is -0.117. The summed E-state index contributed by atoms with van der Waals surface area (Å²) in [5.74, 6) is 0.960. The Morgan fingerprint density at radius 2 is 1.75 bits per heavy atom. The maximum atomic E-state index is 12.0. The van der Waals surface area contributed by atoms with Gasteiger partial charge in [-0.3, -0.25) is 4.79 Å². The first kappa shape index (κ1) is 16.2. The largest absolute Gasteiger partial charge is 0.327 e. The number of benzene rings is 2. The molecular weight excluding hydrogens is 298 g/mol. The topological polar surface area (TPSA) is 46.9 Å². The lowest BCUT2D eigenvalue weighted by Gasteiger charge is -2.17. The minimum absolute atomic E-state index is 0.0168. The second kappa shape index (κ2) is 6.11. The standard InChI is InChI=1S/C20H23N3O/c1-20(2,3)13-18(24)21-15-11-9-14(10-12-15)19-22-16-7-5-6-8-17(16)23(19)4/h5-12H,13H2,1-4H3,(H,21,24). The molecule has 0 saturated heterocycles. The van der Waals surface area contributed by atoms with Crippen LogP contribution in [0.2, 0.25) is 0 Å². The number of imidazole rings is 1. The van der Waals surface area contributed by atoms with E-state index in [4.69, 9.17) is 4.98 Å². The molecule has 1 amide bonds. The van der Waals surface area contributed by atoms with Crippen LogP contribution in [0.5, 0.6) is 0 Å². The van der Waals surface area contributed by atoms with E-state index in [1.807, 2.05) is 49.5 Å². The number of carbonyl (C=O) groups excluding carboxylic acids is 1. The number of amides is 1. The second-order valence-electron chi connectivity index (χ2n) is 7.35. The fourth-order valence-electron chi connectivity index (χ4n) is 2.79. The van der Waals surface area contributed by atoms with E-state index >= 15 is 0 Å². The molecule has 2 aromatic carbocycles. The van der Waals surface area contributed by atoms with E-state index < -0.39 is 0 Å². The van der Waals surface area contributed by atoms with Crippen LogP contribution in [-0.2, 0) is 11.8 Å². The van der Waals surface area contributed by atoms with E-state index in [0.717, 1.165) is 28.1 Å². The molecule has 4 heteroatoms.